The molecule has 0 saturated carbocycles. The van der Waals surface area contributed by atoms with Crippen molar-refractivity contribution in [3.63, 3.8) is 0 Å². The van der Waals surface area contributed by atoms with Crippen molar-refractivity contribution in [2.75, 3.05) is 5.32 Å². The van der Waals surface area contributed by atoms with Crippen LogP contribution in [-0.2, 0) is 7.05 Å². The Morgan fingerprint density at radius 3 is 2.77 bits per heavy atom. The molecular formula is C19H22FN5O. The zero-order valence-electron chi connectivity index (χ0n) is 15.3. The minimum atomic E-state index is -0.400. The van der Waals surface area contributed by atoms with Crippen molar-refractivity contribution in [3.05, 3.63) is 48.2 Å². The van der Waals surface area contributed by atoms with Crippen LogP contribution in [-0.4, -0.2) is 25.9 Å². The molecule has 0 unspecified atom stereocenters. The van der Waals surface area contributed by atoms with Crippen molar-refractivity contribution >= 4 is 11.6 Å². The fraction of sp³-hybridized carbons (Fsp3) is 0.316. The number of halogens is 1. The first kappa shape index (κ1) is 17.8. The van der Waals surface area contributed by atoms with Crippen LogP contribution in [0.1, 0.15) is 25.8 Å². The Balaban J connectivity index is 1.88. The number of anilines is 2. The molecule has 1 N–H and O–H groups in total. The second-order valence-corrected chi connectivity index (χ2v) is 6.23. The highest BCUT2D eigenvalue weighted by Crippen LogP contribution is 2.28. The number of nitrogens with one attached hydrogen (secondary N) is 1. The summed E-state index contributed by atoms with van der Waals surface area (Å²) in [6, 6.07) is 4.90. The van der Waals surface area contributed by atoms with E-state index in [2.05, 4.69) is 20.4 Å². The first-order chi connectivity index (χ1) is 12.5. The lowest BCUT2D eigenvalue weighted by molar-refractivity contribution is 0.208. The molecule has 0 radical (unpaired) electrons. The number of aromatic nitrogens is 4. The first-order valence-electron chi connectivity index (χ1n) is 8.52. The van der Waals surface area contributed by atoms with Gasteiger partial charge in [-0.15, -0.1) is 0 Å². The molecule has 0 aliphatic rings. The summed E-state index contributed by atoms with van der Waals surface area (Å²) in [5.74, 6) is 0.282. The van der Waals surface area contributed by atoms with Crippen LogP contribution in [0.3, 0.4) is 0 Å². The molecule has 0 amide bonds. The van der Waals surface area contributed by atoms with Gasteiger partial charge in [-0.2, -0.15) is 5.10 Å². The van der Waals surface area contributed by atoms with Gasteiger partial charge in [-0.25, -0.2) is 14.4 Å². The zero-order valence-corrected chi connectivity index (χ0v) is 15.3. The number of hydrogen-bond acceptors (Lipinski definition) is 5. The molecule has 0 fully saturated rings. The minimum Gasteiger partial charge on any atom is -0.488 e. The van der Waals surface area contributed by atoms with E-state index in [0.717, 1.165) is 17.7 Å². The summed E-state index contributed by atoms with van der Waals surface area (Å²) < 4.78 is 21.7. The maximum atomic E-state index is 14.4. The molecule has 2 heterocycles. The van der Waals surface area contributed by atoms with Crippen LogP contribution in [0.4, 0.5) is 16.0 Å². The Bertz CT molecular complexity index is 909. The van der Waals surface area contributed by atoms with E-state index >= 15 is 0 Å². The van der Waals surface area contributed by atoms with Gasteiger partial charge in [-0.3, -0.25) is 4.68 Å². The Morgan fingerprint density at radius 1 is 1.31 bits per heavy atom. The molecule has 2 aromatic heterocycles. The number of hydrogen-bond donors (Lipinski definition) is 1. The smallest absolute Gasteiger partial charge is 0.227 e. The average molecular weight is 355 g/mol. The fourth-order valence-corrected chi connectivity index (χ4v) is 2.45. The van der Waals surface area contributed by atoms with Crippen LogP contribution in [0.5, 0.6) is 5.75 Å². The van der Waals surface area contributed by atoms with Crippen molar-refractivity contribution in [2.24, 2.45) is 7.05 Å². The SMILES string of the molecule is CC[C@@H](C)Oc1ccc(-c2nc(Nc3cnn(C)c3)ncc2C)cc1F. The van der Waals surface area contributed by atoms with Crippen LogP contribution in [0.2, 0.25) is 0 Å². The van der Waals surface area contributed by atoms with E-state index in [9.17, 15) is 4.39 Å². The van der Waals surface area contributed by atoms with Gasteiger partial charge in [0, 0.05) is 25.0 Å². The molecule has 26 heavy (non-hydrogen) atoms. The normalized spacial score (nSPS) is 12.0. The van der Waals surface area contributed by atoms with Gasteiger partial charge in [0.2, 0.25) is 5.95 Å². The van der Waals surface area contributed by atoms with Gasteiger partial charge in [0.15, 0.2) is 11.6 Å². The summed E-state index contributed by atoms with van der Waals surface area (Å²) in [6.45, 7) is 5.81. The van der Waals surface area contributed by atoms with E-state index in [-0.39, 0.29) is 11.9 Å². The summed E-state index contributed by atoms with van der Waals surface area (Å²) in [5, 5.41) is 7.20. The second kappa shape index (κ2) is 7.51. The number of ether oxygens (including phenoxy) is 1. The molecule has 3 aromatic rings. The minimum absolute atomic E-state index is 0.0357. The predicted molar refractivity (Wildman–Crippen MR) is 99.0 cm³/mol. The van der Waals surface area contributed by atoms with Crippen molar-refractivity contribution in [1.82, 2.24) is 19.7 Å². The lowest BCUT2D eigenvalue weighted by Crippen LogP contribution is -2.10. The molecule has 136 valence electrons. The van der Waals surface area contributed by atoms with Crippen molar-refractivity contribution in [2.45, 2.75) is 33.3 Å². The average Bonchev–Trinajstić information content (AvgIpc) is 3.03. The Morgan fingerprint density at radius 2 is 2.12 bits per heavy atom. The van der Waals surface area contributed by atoms with Gasteiger partial charge >= 0.3 is 0 Å². The first-order valence-corrected chi connectivity index (χ1v) is 8.52. The highest BCUT2D eigenvalue weighted by atomic mass is 19.1. The second-order valence-electron chi connectivity index (χ2n) is 6.23. The summed E-state index contributed by atoms with van der Waals surface area (Å²) >= 11 is 0. The molecule has 0 spiro atoms. The maximum Gasteiger partial charge on any atom is 0.227 e. The number of rotatable bonds is 6. The van der Waals surface area contributed by atoms with E-state index in [1.165, 1.54) is 6.07 Å². The van der Waals surface area contributed by atoms with Gasteiger partial charge in [-0.05, 0) is 44.0 Å². The Hall–Kier alpha value is -2.96. The molecule has 1 atom stereocenters. The molecule has 3 rings (SSSR count). The zero-order chi connectivity index (χ0) is 18.7. The van der Waals surface area contributed by atoms with Gasteiger partial charge in [0.05, 0.1) is 23.7 Å². The van der Waals surface area contributed by atoms with Crippen molar-refractivity contribution in [1.29, 1.82) is 0 Å². The number of aryl methyl sites for hydroxylation is 2. The van der Waals surface area contributed by atoms with Crippen LogP contribution in [0.15, 0.2) is 36.8 Å². The molecule has 0 aliphatic carbocycles. The standard InChI is InChI=1S/C19H22FN5O/c1-5-13(3)26-17-7-6-14(8-16(17)20)18-12(2)9-21-19(24-18)23-15-10-22-25(4)11-15/h6-11,13H,5H2,1-4H3,(H,21,23,24)/t13-/m1/s1. The Kier molecular flexibility index (Phi) is 5.16. The molecule has 0 saturated heterocycles. The van der Waals surface area contributed by atoms with Crippen molar-refractivity contribution in [3.8, 4) is 17.0 Å². The monoisotopic (exact) mass is 355 g/mol. The molecular weight excluding hydrogens is 333 g/mol. The molecule has 6 nitrogen and oxygen atoms in total. The largest absolute Gasteiger partial charge is 0.488 e. The highest BCUT2D eigenvalue weighted by molar-refractivity contribution is 5.65. The topological polar surface area (TPSA) is 64.9 Å². The number of nitrogens with zero attached hydrogens (tertiary/aromatic N) is 4. The third-order valence-electron chi connectivity index (χ3n) is 4.04. The third kappa shape index (κ3) is 3.99. The van der Waals surface area contributed by atoms with E-state index < -0.39 is 5.82 Å². The van der Waals surface area contributed by atoms with Gasteiger partial charge in [-0.1, -0.05) is 6.92 Å². The summed E-state index contributed by atoms with van der Waals surface area (Å²) in [5.41, 5.74) is 2.98. The lowest BCUT2D eigenvalue weighted by atomic mass is 10.1. The third-order valence-corrected chi connectivity index (χ3v) is 4.04. The maximum absolute atomic E-state index is 14.4. The summed E-state index contributed by atoms with van der Waals surface area (Å²) in [7, 11) is 1.83. The molecule has 0 aliphatic heterocycles. The van der Waals surface area contributed by atoms with Crippen LogP contribution < -0.4 is 10.1 Å². The highest BCUT2D eigenvalue weighted by Gasteiger charge is 2.12. The van der Waals surface area contributed by atoms with Crippen LogP contribution >= 0.6 is 0 Å². The van der Waals surface area contributed by atoms with Gasteiger partial charge in [0.1, 0.15) is 0 Å². The molecule has 7 heteroatoms. The van der Waals surface area contributed by atoms with E-state index in [1.807, 2.05) is 40.1 Å². The Labute approximate surface area is 152 Å². The summed E-state index contributed by atoms with van der Waals surface area (Å²) in [4.78, 5) is 8.81. The predicted octanol–water partition coefficient (Wildman–Crippen LogP) is 4.25. The molecule has 1 aromatic carbocycles. The lowest BCUT2D eigenvalue weighted by Gasteiger charge is -2.14. The van der Waals surface area contributed by atoms with E-state index in [4.69, 9.17) is 4.74 Å². The summed E-state index contributed by atoms with van der Waals surface area (Å²) in [6.07, 6.45) is 6.00. The fourth-order valence-electron chi connectivity index (χ4n) is 2.45. The van der Waals surface area contributed by atoms with Crippen molar-refractivity contribution < 1.29 is 9.13 Å². The quantitative estimate of drug-likeness (QED) is 0.716. The van der Waals surface area contributed by atoms with Crippen LogP contribution in [0.25, 0.3) is 11.3 Å². The van der Waals surface area contributed by atoms with E-state index in [0.29, 0.717) is 17.2 Å². The van der Waals surface area contributed by atoms with Gasteiger partial charge in [0.25, 0.3) is 0 Å². The molecule has 0 bridgehead atoms. The van der Waals surface area contributed by atoms with Gasteiger partial charge < -0.3 is 10.1 Å². The van der Waals surface area contributed by atoms with E-state index in [1.54, 1.807) is 23.1 Å². The van der Waals surface area contributed by atoms with Crippen LogP contribution in [0, 0.1) is 12.7 Å². The number of benzene rings is 1.